The molecule has 0 aromatic heterocycles. The molecule has 14 heavy (non-hydrogen) atoms. The molecule has 0 saturated carbocycles. The van der Waals surface area contributed by atoms with Gasteiger partial charge in [-0.25, -0.2) is 4.79 Å². The third-order valence-corrected chi connectivity index (χ3v) is 1.54. The molecule has 0 radical (unpaired) electrons. The van der Waals surface area contributed by atoms with Crippen molar-refractivity contribution in [1.82, 2.24) is 0 Å². The molecule has 0 aliphatic heterocycles. The highest BCUT2D eigenvalue weighted by Gasteiger charge is 1.94. The van der Waals surface area contributed by atoms with Gasteiger partial charge >= 0.3 is 5.97 Å². The molecule has 0 spiro atoms. The van der Waals surface area contributed by atoms with Crippen molar-refractivity contribution < 1.29 is 19.4 Å². The van der Waals surface area contributed by atoms with Gasteiger partial charge in [0.25, 0.3) is 0 Å². The summed E-state index contributed by atoms with van der Waals surface area (Å²) in [6, 6.07) is 0. The van der Waals surface area contributed by atoms with Crippen LogP contribution in [-0.2, 0) is 14.3 Å². The molecule has 0 atom stereocenters. The molecule has 0 saturated heterocycles. The number of carbonyl (C=O) groups is 1. The normalized spacial score (nSPS) is 9.79. The molecule has 0 amide bonds. The van der Waals surface area contributed by atoms with Crippen LogP contribution in [0.4, 0.5) is 0 Å². The summed E-state index contributed by atoms with van der Waals surface area (Å²) in [6.07, 6.45) is 3.47. The fourth-order valence-electron chi connectivity index (χ4n) is 0.807. The Morgan fingerprint density at radius 2 is 1.86 bits per heavy atom. The average molecular weight is 202 g/mol. The van der Waals surface area contributed by atoms with E-state index in [1.165, 1.54) is 0 Å². The molecule has 4 nitrogen and oxygen atoms in total. The van der Waals surface area contributed by atoms with E-state index in [-0.39, 0.29) is 12.6 Å². The second kappa shape index (κ2) is 10.2. The van der Waals surface area contributed by atoms with Gasteiger partial charge in [-0.05, 0) is 19.3 Å². The summed E-state index contributed by atoms with van der Waals surface area (Å²) in [4.78, 5) is 10.6. The predicted molar refractivity (Wildman–Crippen MR) is 52.9 cm³/mol. The zero-order chi connectivity index (χ0) is 10.6. The van der Waals surface area contributed by atoms with E-state index >= 15 is 0 Å². The molecular weight excluding hydrogens is 184 g/mol. The van der Waals surface area contributed by atoms with Crippen molar-refractivity contribution in [3.8, 4) is 0 Å². The predicted octanol–water partition coefficient (Wildman–Crippen LogP) is 0.895. The van der Waals surface area contributed by atoms with Gasteiger partial charge in [-0.1, -0.05) is 6.58 Å². The summed E-state index contributed by atoms with van der Waals surface area (Å²) in [5.74, 6) is -0.383. The van der Waals surface area contributed by atoms with Crippen LogP contribution in [0.2, 0.25) is 0 Å². The number of unbranched alkanes of at least 4 members (excludes halogenated alkanes) is 1. The number of aliphatic hydroxyl groups is 1. The minimum absolute atomic E-state index is 0.164. The first-order valence-corrected chi connectivity index (χ1v) is 4.79. The van der Waals surface area contributed by atoms with Crippen molar-refractivity contribution in [1.29, 1.82) is 0 Å². The molecule has 1 N–H and O–H groups in total. The Hall–Kier alpha value is -0.870. The first-order valence-electron chi connectivity index (χ1n) is 4.79. The number of rotatable bonds is 9. The Bertz CT molecular complexity index is 156. The second-order valence-electron chi connectivity index (χ2n) is 2.77. The SMILES string of the molecule is C=CC(=O)OCCCCOCCCO. The van der Waals surface area contributed by atoms with Crippen molar-refractivity contribution in [3.05, 3.63) is 12.7 Å². The van der Waals surface area contributed by atoms with Crippen LogP contribution in [0.15, 0.2) is 12.7 Å². The number of ether oxygens (including phenoxy) is 2. The molecular formula is C10H18O4. The van der Waals surface area contributed by atoms with Crippen LogP contribution in [0.3, 0.4) is 0 Å². The zero-order valence-corrected chi connectivity index (χ0v) is 8.41. The Kier molecular flexibility index (Phi) is 9.58. The van der Waals surface area contributed by atoms with E-state index in [1.807, 2.05) is 0 Å². The van der Waals surface area contributed by atoms with E-state index in [0.717, 1.165) is 18.9 Å². The van der Waals surface area contributed by atoms with Gasteiger partial charge in [-0.3, -0.25) is 0 Å². The van der Waals surface area contributed by atoms with E-state index in [4.69, 9.17) is 14.6 Å². The van der Waals surface area contributed by atoms with Crippen LogP contribution in [0.5, 0.6) is 0 Å². The molecule has 0 fully saturated rings. The lowest BCUT2D eigenvalue weighted by Crippen LogP contribution is -2.04. The lowest BCUT2D eigenvalue weighted by Gasteiger charge is -2.03. The Labute approximate surface area is 84.5 Å². The molecule has 0 rings (SSSR count). The Morgan fingerprint density at radius 1 is 1.21 bits per heavy atom. The first kappa shape index (κ1) is 13.1. The van der Waals surface area contributed by atoms with Crippen molar-refractivity contribution in [2.24, 2.45) is 0 Å². The summed E-state index contributed by atoms with van der Waals surface area (Å²) < 4.78 is 9.95. The fourth-order valence-corrected chi connectivity index (χ4v) is 0.807. The Balaban J connectivity index is 2.99. The molecule has 0 aromatic carbocycles. The van der Waals surface area contributed by atoms with E-state index < -0.39 is 0 Å². The van der Waals surface area contributed by atoms with Gasteiger partial charge in [-0.15, -0.1) is 0 Å². The van der Waals surface area contributed by atoms with E-state index in [1.54, 1.807) is 0 Å². The maximum Gasteiger partial charge on any atom is 0.330 e. The molecule has 0 heterocycles. The highest BCUT2D eigenvalue weighted by Crippen LogP contribution is 1.93. The monoisotopic (exact) mass is 202 g/mol. The van der Waals surface area contributed by atoms with Crippen LogP contribution in [-0.4, -0.2) is 37.5 Å². The van der Waals surface area contributed by atoms with Gasteiger partial charge in [0.15, 0.2) is 0 Å². The number of aliphatic hydroxyl groups excluding tert-OH is 1. The van der Waals surface area contributed by atoms with Gasteiger partial charge in [0.1, 0.15) is 0 Å². The van der Waals surface area contributed by atoms with Crippen LogP contribution in [0.1, 0.15) is 19.3 Å². The van der Waals surface area contributed by atoms with Gasteiger partial charge in [0.05, 0.1) is 6.61 Å². The minimum Gasteiger partial charge on any atom is -0.463 e. The highest BCUT2D eigenvalue weighted by molar-refractivity contribution is 5.81. The molecule has 0 aliphatic carbocycles. The summed E-state index contributed by atoms with van der Waals surface area (Å²) in [6.45, 7) is 5.09. The summed E-state index contributed by atoms with van der Waals surface area (Å²) in [5.41, 5.74) is 0. The third-order valence-electron chi connectivity index (χ3n) is 1.54. The smallest absolute Gasteiger partial charge is 0.330 e. The standard InChI is InChI=1S/C10H18O4/c1-2-10(12)14-9-4-3-7-13-8-5-6-11/h2,11H,1,3-9H2. The topological polar surface area (TPSA) is 55.8 Å². The van der Waals surface area contributed by atoms with Crippen LogP contribution in [0.25, 0.3) is 0 Å². The molecule has 0 bridgehead atoms. The van der Waals surface area contributed by atoms with Crippen LogP contribution < -0.4 is 0 Å². The average Bonchev–Trinajstić information content (AvgIpc) is 2.21. The van der Waals surface area contributed by atoms with Crippen molar-refractivity contribution in [2.45, 2.75) is 19.3 Å². The molecule has 0 unspecified atom stereocenters. The van der Waals surface area contributed by atoms with E-state index in [9.17, 15) is 4.79 Å². The minimum atomic E-state index is -0.383. The summed E-state index contributed by atoms with van der Waals surface area (Å²) in [5, 5.41) is 8.45. The molecule has 4 heteroatoms. The lowest BCUT2D eigenvalue weighted by atomic mass is 10.3. The van der Waals surface area contributed by atoms with E-state index in [2.05, 4.69) is 6.58 Å². The zero-order valence-electron chi connectivity index (χ0n) is 8.41. The Morgan fingerprint density at radius 3 is 2.50 bits per heavy atom. The van der Waals surface area contributed by atoms with Crippen LogP contribution in [0, 0.1) is 0 Å². The van der Waals surface area contributed by atoms with Gasteiger partial charge in [0, 0.05) is 25.9 Å². The molecule has 82 valence electrons. The van der Waals surface area contributed by atoms with Gasteiger partial charge in [0.2, 0.25) is 0 Å². The molecule has 0 aromatic rings. The van der Waals surface area contributed by atoms with Crippen molar-refractivity contribution in [2.75, 3.05) is 26.4 Å². The highest BCUT2D eigenvalue weighted by atomic mass is 16.5. The quantitative estimate of drug-likeness (QED) is 0.343. The molecule has 0 aliphatic rings. The first-order chi connectivity index (χ1) is 6.81. The number of carbonyl (C=O) groups excluding carboxylic acids is 1. The number of hydrogen-bond acceptors (Lipinski definition) is 4. The largest absolute Gasteiger partial charge is 0.463 e. The van der Waals surface area contributed by atoms with Crippen LogP contribution >= 0.6 is 0 Å². The fraction of sp³-hybridized carbons (Fsp3) is 0.700. The van der Waals surface area contributed by atoms with E-state index in [0.29, 0.717) is 26.2 Å². The maximum absolute atomic E-state index is 10.6. The summed E-state index contributed by atoms with van der Waals surface area (Å²) >= 11 is 0. The third kappa shape index (κ3) is 9.22. The number of hydrogen-bond donors (Lipinski definition) is 1. The lowest BCUT2D eigenvalue weighted by molar-refractivity contribution is -0.137. The van der Waals surface area contributed by atoms with Crippen molar-refractivity contribution in [3.63, 3.8) is 0 Å². The van der Waals surface area contributed by atoms with Gasteiger partial charge in [-0.2, -0.15) is 0 Å². The van der Waals surface area contributed by atoms with Crippen molar-refractivity contribution >= 4 is 5.97 Å². The second-order valence-corrected chi connectivity index (χ2v) is 2.77. The maximum atomic E-state index is 10.6. The summed E-state index contributed by atoms with van der Waals surface area (Å²) in [7, 11) is 0. The van der Waals surface area contributed by atoms with Gasteiger partial charge < -0.3 is 14.6 Å². The number of esters is 1.